The molecule has 0 bridgehead atoms. The molecule has 0 amide bonds. The van der Waals surface area contributed by atoms with Crippen LogP contribution >= 0.6 is 11.3 Å². The van der Waals surface area contributed by atoms with E-state index in [1.807, 2.05) is 25.3 Å². The minimum absolute atomic E-state index is 0.247. The molecule has 0 saturated heterocycles. The molecule has 0 aliphatic heterocycles. The van der Waals surface area contributed by atoms with Gasteiger partial charge in [0.15, 0.2) is 0 Å². The van der Waals surface area contributed by atoms with Crippen LogP contribution in [-0.2, 0) is 5.54 Å². The van der Waals surface area contributed by atoms with Gasteiger partial charge in [0.25, 0.3) is 0 Å². The van der Waals surface area contributed by atoms with Gasteiger partial charge < -0.3 is 5.73 Å². The van der Waals surface area contributed by atoms with Crippen molar-refractivity contribution in [3.8, 4) is 11.3 Å². The van der Waals surface area contributed by atoms with Crippen LogP contribution < -0.4 is 5.73 Å². The Kier molecular flexibility index (Phi) is 3.26. The van der Waals surface area contributed by atoms with Crippen LogP contribution in [-0.4, -0.2) is 4.98 Å². The topological polar surface area (TPSA) is 38.9 Å². The van der Waals surface area contributed by atoms with Gasteiger partial charge in [0.1, 0.15) is 10.8 Å². The third-order valence-electron chi connectivity index (χ3n) is 2.85. The van der Waals surface area contributed by atoms with Gasteiger partial charge >= 0.3 is 0 Å². The van der Waals surface area contributed by atoms with Crippen molar-refractivity contribution in [3.05, 3.63) is 40.5 Å². The SMILES string of the molecule is CCC(C)(N)c1nc(-c2cccc(F)c2)cs1. The molecular formula is C13H15FN2S. The summed E-state index contributed by atoms with van der Waals surface area (Å²) in [5.74, 6) is -0.247. The van der Waals surface area contributed by atoms with E-state index in [9.17, 15) is 4.39 Å². The smallest absolute Gasteiger partial charge is 0.123 e. The van der Waals surface area contributed by atoms with E-state index in [0.29, 0.717) is 0 Å². The van der Waals surface area contributed by atoms with E-state index in [0.717, 1.165) is 22.7 Å². The molecule has 1 unspecified atom stereocenters. The lowest BCUT2D eigenvalue weighted by Gasteiger charge is -2.18. The number of halogens is 1. The molecule has 1 atom stereocenters. The number of rotatable bonds is 3. The first-order valence-corrected chi connectivity index (χ1v) is 6.42. The van der Waals surface area contributed by atoms with Crippen molar-refractivity contribution in [2.45, 2.75) is 25.8 Å². The summed E-state index contributed by atoms with van der Waals surface area (Å²) in [6.45, 7) is 3.99. The second-order valence-electron chi connectivity index (χ2n) is 4.32. The molecule has 90 valence electrons. The van der Waals surface area contributed by atoms with Crippen LogP contribution in [0.1, 0.15) is 25.3 Å². The number of thiazole rings is 1. The average Bonchev–Trinajstić information content (AvgIpc) is 2.79. The van der Waals surface area contributed by atoms with Crippen LogP contribution in [0.15, 0.2) is 29.6 Å². The van der Waals surface area contributed by atoms with Gasteiger partial charge in [0.2, 0.25) is 0 Å². The first-order valence-electron chi connectivity index (χ1n) is 5.54. The highest BCUT2D eigenvalue weighted by molar-refractivity contribution is 7.10. The predicted molar refractivity (Wildman–Crippen MR) is 69.3 cm³/mol. The molecule has 2 nitrogen and oxygen atoms in total. The van der Waals surface area contributed by atoms with Crippen LogP contribution in [0.3, 0.4) is 0 Å². The van der Waals surface area contributed by atoms with E-state index in [2.05, 4.69) is 4.98 Å². The van der Waals surface area contributed by atoms with Crippen molar-refractivity contribution >= 4 is 11.3 Å². The van der Waals surface area contributed by atoms with E-state index in [1.165, 1.54) is 23.5 Å². The Labute approximate surface area is 104 Å². The lowest BCUT2D eigenvalue weighted by molar-refractivity contribution is 0.474. The number of hydrogen-bond acceptors (Lipinski definition) is 3. The molecule has 0 aliphatic carbocycles. The second kappa shape index (κ2) is 4.55. The summed E-state index contributed by atoms with van der Waals surface area (Å²) < 4.78 is 13.1. The van der Waals surface area contributed by atoms with E-state index in [-0.39, 0.29) is 5.82 Å². The molecule has 0 aliphatic rings. The minimum Gasteiger partial charge on any atom is -0.320 e. The minimum atomic E-state index is -0.407. The summed E-state index contributed by atoms with van der Waals surface area (Å²) in [7, 11) is 0. The van der Waals surface area contributed by atoms with Crippen molar-refractivity contribution in [2.24, 2.45) is 5.73 Å². The van der Waals surface area contributed by atoms with Gasteiger partial charge in [-0.25, -0.2) is 9.37 Å². The van der Waals surface area contributed by atoms with Crippen LogP contribution in [0.5, 0.6) is 0 Å². The van der Waals surface area contributed by atoms with Gasteiger partial charge in [0.05, 0.1) is 11.2 Å². The Hall–Kier alpha value is -1.26. The van der Waals surface area contributed by atoms with Crippen molar-refractivity contribution in [1.82, 2.24) is 4.98 Å². The highest BCUT2D eigenvalue weighted by atomic mass is 32.1. The Morgan fingerprint density at radius 3 is 2.88 bits per heavy atom. The van der Waals surface area contributed by atoms with Gasteiger partial charge in [-0.1, -0.05) is 19.1 Å². The molecule has 4 heteroatoms. The van der Waals surface area contributed by atoms with E-state index in [4.69, 9.17) is 5.73 Å². The van der Waals surface area contributed by atoms with Gasteiger partial charge in [-0.3, -0.25) is 0 Å². The lowest BCUT2D eigenvalue weighted by atomic mass is 10.0. The zero-order chi connectivity index (χ0) is 12.5. The lowest BCUT2D eigenvalue weighted by Crippen LogP contribution is -2.31. The Morgan fingerprint density at radius 1 is 1.47 bits per heavy atom. The number of nitrogens with two attached hydrogens (primary N) is 1. The Bertz CT molecular complexity index is 520. The van der Waals surface area contributed by atoms with Gasteiger partial charge in [-0.05, 0) is 25.5 Å². The molecule has 2 rings (SSSR count). The van der Waals surface area contributed by atoms with Crippen LogP contribution in [0.2, 0.25) is 0 Å². The van der Waals surface area contributed by atoms with E-state index >= 15 is 0 Å². The first-order chi connectivity index (χ1) is 8.03. The van der Waals surface area contributed by atoms with Gasteiger partial charge in [-0.2, -0.15) is 0 Å². The fraction of sp³-hybridized carbons (Fsp3) is 0.308. The number of nitrogens with zero attached hydrogens (tertiary/aromatic N) is 1. The highest BCUT2D eigenvalue weighted by Gasteiger charge is 2.22. The van der Waals surface area contributed by atoms with Crippen molar-refractivity contribution in [1.29, 1.82) is 0 Å². The molecule has 0 spiro atoms. The van der Waals surface area contributed by atoms with E-state index in [1.54, 1.807) is 6.07 Å². The molecule has 2 aromatic rings. The maximum atomic E-state index is 13.1. The fourth-order valence-corrected chi connectivity index (χ4v) is 2.44. The summed E-state index contributed by atoms with van der Waals surface area (Å²) in [4.78, 5) is 4.49. The van der Waals surface area contributed by atoms with E-state index < -0.39 is 5.54 Å². The zero-order valence-corrected chi connectivity index (χ0v) is 10.7. The molecular weight excluding hydrogens is 235 g/mol. The third kappa shape index (κ3) is 2.53. The predicted octanol–water partition coefficient (Wildman–Crippen LogP) is 3.53. The maximum absolute atomic E-state index is 13.1. The molecule has 1 aromatic carbocycles. The van der Waals surface area contributed by atoms with Gasteiger partial charge in [-0.15, -0.1) is 11.3 Å². The number of benzene rings is 1. The quantitative estimate of drug-likeness (QED) is 0.905. The normalized spacial score (nSPS) is 14.6. The molecule has 2 N–H and O–H groups in total. The monoisotopic (exact) mass is 250 g/mol. The molecule has 17 heavy (non-hydrogen) atoms. The van der Waals surface area contributed by atoms with Crippen LogP contribution in [0, 0.1) is 5.82 Å². The fourth-order valence-electron chi connectivity index (χ4n) is 1.47. The molecule has 1 heterocycles. The standard InChI is InChI=1S/C13H15FN2S/c1-3-13(2,15)12-16-11(8-17-12)9-5-4-6-10(14)7-9/h4-8H,3,15H2,1-2H3. The second-order valence-corrected chi connectivity index (χ2v) is 5.18. The molecule has 0 saturated carbocycles. The summed E-state index contributed by atoms with van der Waals surface area (Å²) in [6, 6.07) is 6.45. The number of aromatic nitrogens is 1. The third-order valence-corrected chi connectivity index (χ3v) is 3.97. The Balaban J connectivity index is 2.36. The van der Waals surface area contributed by atoms with Crippen molar-refractivity contribution in [2.75, 3.05) is 0 Å². The summed E-state index contributed by atoms with van der Waals surface area (Å²) >= 11 is 1.52. The summed E-state index contributed by atoms with van der Waals surface area (Å²) in [5, 5.41) is 2.81. The zero-order valence-electron chi connectivity index (χ0n) is 9.90. The molecule has 0 fully saturated rings. The highest BCUT2D eigenvalue weighted by Crippen LogP contribution is 2.29. The number of hydrogen-bond donors (Lipinski definition) is 1. The summed E-state index contributed by atoms with van der Waals surface area (Å²) in [5.41, 5.74) is 7.30. The van der Waals surface area contributed by atoms with Crippen molar-refractivity contribution in [3.63, 3.8) is 0 Å². The van der Waals surface area contributed by atoms with Crippen LogP contribution in [0.25, 0.3) is 11.3 Å². The van der Waals surface area contributed by atoms with Gasteiger partial charge in [0, 0.05) is 10.9 Å². The van der Waals surface area contributed by atoms with Crippen molar-refractivity contribution < 1.29 is 4.39 Å². The largest absolute Gasteiger partial charge is 0.320 e. The Morgan fingerprint density at radius 2 is 2.24 bits per heavy atom. The first kappa shape index (κ1) is 12.2. The summed E-state index contributed by atoms with van der Waals surface area (Å²) in [6.07, 6.45) is 0.823. The maximum Gasteiger partial charge on any atom is 0.123 e. The molecule has 1 aromatic heterocycles. The van der Waals surface area contributed by atoms with Crippen LogP contribution in [0.4, 0.5) is 4.39 Å². The molecule has 0 radical (unpaired) electrons. The average molecular weight is 250 g/mol.